The van der Waals surface area contributed by atoms with Gasteiger partial charge in [0.2, 0.25) is 5.91 Å². The summed E-state index contributed by atoms with van der Waals surface area (Å²) in [5.74, 6) is -0.491. The van der Waals surface area contributed by atoms with Crippen LogP contribution in [0.1, 0.15) is 46.5 Å². The van der Waals surface area contributed by atoms with E-state index in [0.29, 0.717) is 13.2 Å². The van der Waals surface area contributed by atoms with E-state index in [-0.39, 0.29) is 41.0 Å². The molecule has 8 atom stereocenters. The number of hydrogen-bond donors (Lipinski definition) is 3. The predicted octanol–water partition coefficient (Wildman–Crippen LogP) is 1.34. The normalized spacial score (nSPS) is 39.9. The van der Waals surface area contributed by atoms with Crippen molar-refractivity contribution in [3.05, 3.63) is 0 Å². The summed E-state index contributed by atoms with van der Waals surface area (Å²) in [6.07, 6.45) is 3.99. The van der Waals surface area contributed by atoms with Crippen molar-refractivity contribution in [2.24, 2.45) is 29.1 Å². The molecule has 0 aromatic rings. The minimum absolute atomic E-state index is 0.0139. The van der Waals surface area contributed by atoms with Crippen molar-refractivity contribution in [1.82, 2.24) is 10.0 Å². The minimum Gasteiger partial charge on any atom is -0.598 e. The fraction of sp³-hybridized carbons (Fsp3) is 0.947. The van der Waals surface area contributed by atoms with Crippen molar-refractivity contribution in [2.45, 2.75) is 58.6 Å². The summed E-state index contributed by atoms with van der Waals surface area (Å²) in [6.45, 7) is 7.02. The number of methoxy groups -OCH3 is 1. The molecule has 27 heavy (non-hydrogen) atoms. The highest BCUT2D eigenvalue weighted by molar-refractivity contribution is 7.95. The van der Waals surface area contributed by atoms with Gasteiger partial charge in [0, 0.05) is 19.6 Å². The first kappa shape index (κ1) is 22.7. The van der Waals surface area contributed by atoms with Crippen molar-refractivity contribution in [3.63, 3.8) is 0 Å². The number of amides is 1. The van der Waals surface area contributed by atoms with Crippen LogP contribution in [-0.4, -0.2) is 54.2 Å². The second-order valence-corrected chi connectivity index (χ2v) is 10.6. The van der Waals surface area contributed by atoms with E-state index in [1.165, 1.54) is 6.26 Å². The molecule has 0 radical (unpaired) electrons. The SMILES string of the molecule is COCCNC(=O)C(C)[C@@H]1CC[C@@]2(C)CC[C@H](N[S+](C)(=O)[O-])[C@@H](C)[C@@H]2[C@H]1O. The molecule has 2 aliphatic rings. The van der Waals surface area contributed by atoms with Gasteiger partial charge >= 0.3 is 0 Å². The Morgan fingerprint density at radius 1 is 1.41 bits per heavy atom. The summed E-state index contributed by atoms with van der Waals surface area (Å²) in [5.41, 5.74) is -0.0166. The fourth-order valence-electron chi connectivity index (χ4n) is 5.37. The lowest BCUT2D eigenvalue weighted by Crippen LogP contribution is -2.59. The molecular weight excluding hydrogens is 368 g/mol. The van der Waals surface area contributed by atoms with Crippen LogP contribution in [0.5, 0.6) is 0 Å². The minimum atomic E-state index is -3.30. The molecule has 0 heterocycles. The summed E-state index contributed by atoms with van der Waals surface area (Å²) in [7, 11) is -1.71. The molecule has 2 unspecified atom stereocenters. The molecule has 158 valence electrons. The van der Waals surface area contributed by atoms with Crippen LogP contribution in [-0.2, 0) is 24.1 Å². The molecule has 2 aliphatic carbocycles. The molecule has 2 fully saturated rings. The number of carbonyl (C=O) groups is 1. The van der Waals surface area contributed by atoms with E-state index in [1.807, 2.05) is 13.8 Å². The van der Waals surface area contributed by atoms with Crippen LogP contribution in [0.3, 0.4) is 0 Å². The third-order valence-corrected chi connectivity index (χ3v) is 7.65. The first-order valence-electron chi connectivity index (χ1n) is 9.92. The molecule has 0 aliphatic heterocycles. The van der Waals surface area contributed by atoms with Gasteiger partial charge in [-0.2, -0.15) is 0 Å². The number of aliphatic hydroxyl groups excluding tert-OH is 1. The summed E-state index contributed by atoms with van der Waals surface area (Å²) in [6, 6.07) is -0.169. The highest BCUT2D eigenvalue weighted by Gasteiger charge is 2.54. The van der Waals surface area contributed by atoms with Gasteiger partial charge in [0.05, 0.1) is 18.8 Å². The zero-order chi connectivity index (χ0) is 20.4. The number of sulfonamides is 1. The van der Waals surface area contributed by atoms with Gasteiger partial charge in [0.1, 0.15) is 16.7 Å². The molecule has 0 bridgehead atoms. The van der Waals surface area contributed by atoms with Crippen LogP contribution < -0.4 is 10.0 Å². The quantitative estimate of drug-likeness (QED) is 0.438. The number of hydrogen-bond acceptors (Lipinski definition) is 5. The first-order valence-corrected chi connectivity index (χ1v) is 11.8. The summed E-state index contributed by atoms with van der Waals surface area (Å²) in [4.78, 5) is 12.5. The van der Waals surface area contributed by atoms with E-state index in [1.54, 1.807) is 7.11 Å². The largest absolute Gasteiger partial charge is 0.598 e. The molecule has 2 rings (SSSR count). The van der Waals surface area contributed by atoms with Gasteiger partial charge < -0.3 is 19.7 Å². The summed E-state index contributed by atoms with van der Waals surface area (Å²) >= 11 is 0. The lowest BCUT2D eigenvalue weighted by atomic mass is 9.52. The van der Waals surface area contributed by atoms with Gasteiger partial charge in [-0.25, -0.2) is 0 Å². The molecule has 2 saturated carbocycles. The van der Waals surface area contributed by atoms with Crippen molar-refractivity contribution >= 4 is 16.3 Å². The Labute approximate surface area is 164 Å². The lowest BCUT2D eigenvalue weighted by molar-refractivity contribution is -0.141. The van der Waals surface area contributed by atoms with Gasteiger partial charge in [-0.1, -0.05) is 25.0 Å². The van der Waals surface area contributed by atoms with Crippen LogP contribution in [0, 0.1) is 29.1 Å². The molecule has 8 heteroatoms. The number of nitrogens with one attached hydrogen (secondary N) is 2. The molecule has 0 saturated heterocycles. The zero-order valence-electron chi connectivity index (χ0n) is 17.2. The van der Waals surface area contributed by atoms with Crippen LogP contribution >= 0.6 is 0 Å². The Morgan fingerprint density at radius 2 is 2.04 bits per heavy atom. The maximum absolute atomic E-state index is 12.5. The second kappa shape index (κ2) is 8.86. The Bertz CT molecular complexity index is 568. The first-order chi connectivity index (χ1) is 12.5. The second-order valence-electron chi connectivity index (χ2n) is 8.84. The Morgan fingerprint density at radius 3 is 2.63 bits per heavy atom. The van der Waals surface area contributed by atoms with E-state index in [4.69, 9.17) is 4.74 Å². The number of ether oxygens (including phenoxy) is 1. The average molecular weight is 405 g/mol. The maximum atomic E-state index is 12.5. The predicted molar refractivity (Wildman–Crippen MR) is 104 cm³/mol. The summed E-state index contributed by atoms with van der Waals surface area (Å²) < 4.78 is 31.1. The Hall–Kier alpha value is -0.540. The van der Waals surface area contributed by atoms with Crippen molar-refractivity contribution in [1.29, 1.82) is 0 Å². The smallest absolute Gasteiger partial charge is 0.223 e. The van der Waals surface area contributed by atoms with Crippen molar-refractivity contribution in [2.75, 3.05) is 26.5 Å². The third kappa shape index (κ3) is 5.29. The molecule has 0 aromatic carbocycles. The van der Waals surface area contributed by atoms with Gasteiger partial charge in [-0.05, 0) is 48.9 Å². The van der Waals surface area contributed by atoms with Gasteiger partial charge in [-0.3, -0.25) is 4.79 Å². The molecule has 1 amide bonds. The van der Waals surface area contributed by atoms with Crippen LogP contribution in [0.4, 0.5) is 0 Å². The summed E-state index contributed by atoms with van der Waals surface area (Å²) in [5, 5.41) is 14.1. The maximum Gasteiger partial charge on any atom is 0.223 e. The van der Waals surface area contributed by atoms with Gasteiger partial charge in [-0.15, -0.1) is 4.72 Å². The molecular formula is C19H36N2O5S. The van der Waals surface area contributed by atoms with Crippen LogP contribution in [0.25, 0.3) is 0 Å². The van der Waals surface area contributed by atoms with E-state index >= 15 is 0 Å². The number of aliphatic hydroxyl groups is 1. The van der Waals surface area contributed by atoms with Crippen LogP contribution in [0.2, 0.25) is 0 Å². The highest BCUT2D eigenvalue weighted by atomic mass is 32.3. The monoisotopic (exact) mass is 404 g/mol. The Balaban J connectivity index is 2.12. The van der Waals surface area contributed by atoms with E-state index in [2.05, 4.69) is 17.0 Å². The zero-order valence-corrected chi connectivity index (χ0v) is 18.0. The lowest BCUT2D eigenvalue weighted by Gasteiger charge is -2.56. The molecule has 7 nitrogen and oxygen atoms in total. The van der Waals surface area contributed by atoms with Gasteiger partial charge in [0.25, 0.3) is 0 Å². The molecule has 0 aromatic heterocycles. The average Bonchev–Trinajstić information content (AvgIpc) is 2.56. The fourth-order valence-corrected chi connectivity index (χ4v) is 6.25. The number of carbonyl (C=O) groups excluding carboxylic acids is 1. The number of rotatable bonds is 7. The van der Waals surface area contributed by atoms with E-state index in [9.17, 15) is 18.7 Å². The molecule has 0 spiro atoms. The highest BCUT2D eigenvalue weighted by Crippen LogP contribution is 2.55. The topological polar surface area (TPSA) is 111 Å². The standard InChI is InChI=1S/C19H36N2O5S/c1-12(18(23)20-10-11-26-4)14-6-8-19(3)9-7-15(21-27(5,24)25)13(2)16(19)17(14)22/h12-17,22H,6-11H2,1-5H3,(H2-,20,21,23,24,25)/t12?,13-,14+,15+,16-,17+,19+/m1/s1. The third-order valence-electron chi connectivity index (χ3n) is 6.91. The number of fused-ring (bicyclic) bond motifs is 1. The Kier molecular flexibility index (Phi) is 7.47. The van der Waals surface area contributed by atoms with Crippen LogP contribution in [0.15, 0.2) is 0 Å². The van der Waals surface area contributed by atoms with E-state index < -0.39 is 16.5 Å². The van der Waals surface area contributed by atoms with Crippen molar-refractivity contribution < 1.29 is 23.4 Å². The van der Waals surface area contributed by atoms with Gasteiger partial charge in [0.15, 0.2) is 0 Å². The van der Waals surface area contributed by atoms with Crippen molar-refractivity contribution in [3.8, 4) is 0 Å². The molecule has 3 N–H and O–H groups in total. The van der Waals surface area contributed by atoms with E-state index in [0.717, 1.165) is 25.7 Å².